The molecule has 1 aliphatic rings. The fraction of sp³-hybridized carbons (Fsp3) is 0.444. The van der Waals surface area contributed by atoms with Gasteiger partial charge in [-0.1, -0.05) is 12.1 Å². The third kappa shape index (κ3) is 3.62. The molecule has 1 aromatic carbocycles. The van der Waals surface area contributed by atoms with Crippen LogP contribution >= 0.6 is 11.3 Å². The fourth-order valence-corrected chi connectivity index (χ4v) is 4.10. The fourth-order valence-electron chi connectivity index (χ4n) is 3.49. The van der Waals surface area contributed by atoms with Gasteiger partial charge in [-0.25, -0.2) is 4.98 Å². The minimum atomic E-state index is -0.785. The van der Waals surface area contributed by atoms with Crippen molar-refractivity contribution in [2.24, 2.45) is 5.92 Å². The van der Waals surface area contributed by atoms with Gasteiger partial charge in [0.2, 0.25) is 0 Å². The molecule has 0 spiro atoms. The van der Waals surface area contributed by atoms with E-state index in [0.29, 0.717) is 31.1 Å². The first-order chi connectivity index (χ1) is 12.0. The van der Waals surface area contributed by atoms with Crippen molar-refractivity contribution in [1.82, 2.24) is 9.88 Å². The first-order valence-electron chi connectivity index (χ1n) is 8.10. The van der Waals surface area contributed by atoms with Crippen LogP contribution in [0.5, 0.6) is 11.5 Å². The second-order valence-corrected chi connectivity index (χ2v) is 7.25. The van der Waals surface area contributed by atoms with Crippen molar-refractivity contribution in [3.05, 3.63) is 39.8 Å². The van der Waals surface area contributed by atoms with Crippen molar-refractivity contribution in [2.45, 2.75) is 19.4 Å². The van der Waals surface area contributed by atoms with Crippen LogP contribution in [0.1, 0.15) is 22.2 Å². The molecule has 134 valence electrons. The Bertz CT molecular complexity index is 761. The number of carboxylic acid groups (broad SMARTS) is 1. The second-order valence-electron chi connectivity index (χ2n) is 6.19. The lowest BCUT2D eigenvalue weighted by atomic mass is 9.88. The maximum atomic E-state index is 11.8. The van der Waals surface area contributed by atoms with E-state index in [9.17, 15) is 9.90 Å². The zero-order valence-corrected chi connectivity index (χ0v) is 15.4. The van der Waals surface area contributed by atoms with Crippen molar-refractivity contribution >= 4 is 17.3 Å². The summed E-state index contributed by atoms with van der Waals surface area (Å²) in [6, 6.07) is 5.63. The van der Waals surface area contributed by atoms with Gasteiger partial charge in [-0.05, 0) is 13.0 Å². The maximum absolute atomic E-state index is 11.8. The first kappa shape index (κ1) is 17.7. The van der Waals surface area contributed by atoms with Gasteiger partial charge in [-0.2, -0.15) is 0 Å². The summed E-state index contributed by atoms with van der Waals surface area (Å²) in [6.07, 6.45) is 0. The van der Waals surface area contributed by atoms with Crippen LogP contribution in [0.25, 0.3) is 0 Å². The molecule has 6 nitrogen and oxygen atoms in total. The van der Waals surface area contributed by atoms with Crippen LogP contribution in [-0.4, -0.2) is 48.3 Å². The van der Waals surface area contributed by atoms with Gasteiger partial charge < -0.3 is 14.6 Å². The Labute approximate surface area is 151 Å². The summed E-state index contributed by atoms with van der Waals surface area (Å²) in [6.45, 7) is 3.78. The molecular weight excluding hydrogens is 340 g/mol. The van der Waals surface area contributed by atoms with Crippen LogP contribution in [-0.2, 0) is 11.3 Å². The van der Waals surface area contributed by atoms with Crippen molar-refractivity contribution < 1.29 is 19.4 Å². The highest BCUT2D eigenvalue weighted by molar-refractivity contribution is 7.09. The van der Waals surface area contributed by atoms with Gasteiger partial charge in [0, 0.05) is 36.5 Å². The monoisotopic (exact) mass is 362 g/mol. The number of thiazole rings is 1. The molecule has 2 unspecified atom stereocenters. The summed E-state index contributed by atoms with van der Waals surface area (Å²) >= 11 is 1.61. The summed E-state index contributed by atoms with van der Waals surface area (Å²) < 4.78 is 10.9. The standard InChI is InChI=1S/C18H22N2O4S/c1-11-19-12(10-25-11)7-20-8-14(15(9-20)18(21)22)13-5-4-6-16(23-2)17(13)24-3/h4-6,10,14-15H,7-9H2,1-3H3,(H,21,22). The van der Waals surface area contributed by atoms with Gasteiger partial charge >= 0.3 is 5.97 Å². The number of hydrogen-bond acceptors (Lipinski definition) is 6. The number of nitrogens with zero attached hydrogens (tertiary/aromatic N) is 2. The molecule has 1 aliphatic heterocycles. The molecule has 0 bridgehead atoms. The Hall–Kier alpha value is -2.12. The van der Waals surface area contributed by atoms with E-state index in [1.165, 1.54) is 0 Å². The van der Waals surface area contributed by atoms with Gasteiger partial charge in [0.1, 0.15) is 0 Å². The average molecular weight is 362 g/mol. The lowest BCUT2D eigenvalue weighted by molar-refractivity contribution is -0.141. The number of carbonyl (C=O) groups is 1. The van der Waals surface area contributed by atoms with Crippen LogP contribution in [0, 0.1) is 12.8 Å². The van der Waals surface area contributed by atoms with Gasteiger partial charge in [-0.3, -0.25) is 9.69 Å². The first-order valence-corrected chi connectivity index (χ1v) is 8.98. The third-order valence-corrected chi connectivity index (χ3v) is 5.42. The molecule has 2 atom stereocenters. The molecule has 25 heavy (non-hydrogen) atoms. The number of benzene rings is 1. The number of likely N-dealkylation sites (tertiary alicyclic amines) is 1. The van der Waals surface area contributed by atoms with Crippen molar-refractivity contribution in [1.29, 1.82) is 0 Å². The van der Waals surface area contributed by atoms with E-state index in [2.05, 4.69) is 9.88 Å². The highest BCUT2D eigenvalue weighted by Crippen LogP contribution is 2.42. The number of ether oxygens (including phenoxy) is 2. The Balaban J connectivity index is 1.88. The second kappa shape index (κ2) is 7.41. The average Bonchev–Trinajstić information content (AvgIpc) is 3.20. The van der Waals surface area contributed by atoms with E-state index in [-0.39, 0.29) is 5.92 Å². The Morgan fingerprint density at radius 3 is 2.76 bits per heavy atom. The Kier molecular flexibility index (Phi) is 5.24. The van der Waals surface area contributed by atoms with Gasteiger partial charge in [-0.15, -0.1) is 11.3 Å². The topological polar surface area (TPSA) is 71.9 Å². The predicted octanol–water partition coefficient (Wildman–Crippen LogP) is 2.77. The van der Waals surface area contributed by atoms with E-state index in [1.807, 2.05) is 30.5 Å². The summed E-state index contributed by atoms with van der Waals surface area (Å²) in [4.78, 5) is 18.5. The van der Waals surface area contributed by atoms with Gasteiger partial charge in [0.25, 0.3) is 0 Å². The zero-order chi connectivity index (χ0) is 18.0. The van der Waals surface area contributed by atoms with Gasteiger partial charge in [0.15, 0.2) is 11.5 Å². The molecule has 3 rings (SSSR count). The number of aromatic nitrogens is 1. The minimum Gasteiger partial charge on any atom is -0.493 e. The van der Waals surface area contributed by atoms with E-state index in [1.54, 1.807) is 25.6 Å². The smallest absolute Gasteiger partial charge is 0.308 e. The minimum absolute atomic E-state index is 0.151. The van der Waals surface area contributed by atoms with Crippen LogP contribution in [0.2, 0.25) is 0 Å². The van der Waals surface area contributed by atoms with E-state index in [4.69, 9.17) is 9.47 Å². The number of para-hydroxylation sites is 1. The molecule has 7 heteroatoms. The lowest BCUT2D eigenvalue weighted by Gasteiger charge is -2.20. The van der Waals surface area contributed by atoms with Crippen LogP contribution in [0.4, 0.5) is 0 Å². The largest absolute Gasteiger partial charge is 0.493 e. The molecule has 2 heterocycles. The molecule has 1 N–H and O–H groups in total. The summed E-state index contributed by atoms with van der Waals surface area (Å²) in [5, 5.41) is 12.8. The predicted molar refractivity (Wildman–Crippen MR) is 95.5 cm³/mol. The summed E-state index contributed by atoms with van der Waals surface area (Å²) in [5.74, 6) is -0.180. The highest BCUT2D eigenvalue weighted by atomic mass is 32.1. The lowest BCUT2D eigenvalue weighted by Crippen LogP contribution is -2.23. The molecule has 0 radical (unpaired) electrons. The molecule has 1 aromatic heterocycles. The third-order valence-electron chi connectivity index (χ3n) is 4.60. The van der Waals surface area contributed by atoms with Gasteiger partial charge in [0.05, 0.1) is 30.8 Å². The van der Waals surface area contributed by atoms with Crippen molar-refractivity contribution in [3.8, 4) is 11.5 Å². The molecule has 1 saturated heterocycles. The highest BCUT2D eigenvalue weighted by Gasteiger charge is 2.40. The van der Waals surface area contributed by atoms with Crippen molar-refractivity contribution in [2.75, 3.05) is 27.3 Å². The molecular formula is C18H22N2O4S. The van der Waals surface area contributed by atoms with Crippen molar-refractivity contribution in [3.63, 3.8) is 0 Å². The van der Waals surface area contributed by atoms with Crippen LogP contribution in [0.15, 0.2) is 23.6 Å². The molecule has 0 aliphatic carbocycles. The number of aliphatic carboxylic acids is 1. The molecule has 1 fully saturated rings. The quantitative estimate of drug-likeness (QED) is 0.852. The number of rotatable bonds is 6. The van der Waals surface area contributed by atoms with E-state index < -0.39 is 11.9 Å². The maximum Gasteiger partial charge on any atom is 0.308 e. The normalized spacial score (nSPS) is 20.6. The molecule has 0 amide bonds. The SMILES string of the molecule is COc1cccc(C2CN(Cc3csc(C)n3)CC2C(=O)O)c1OC. The Morgan fingerprint density at radius 1 is 1.36 bits per heavy atom. The number of methoxy groups -OCH3 is 2. The molecule has 0 saturated carbocycles. The summed E-state index contributed by atoms with van der Waals surface area (Å²) in [7, 11) is 3.17. The number of aryl methyl sites for hydroxylation is 1. The number of carboxylic acids is 1. The van der Waals surface area contributed by atoms with E-state index in [0.717, 1.165) is 16.3 Å². The zero-order valence-electron chi connectivity index (χ0n) is 14.6. The Morgan fingerprint density at radius 2 is 2.16 bits per heavy atom. The molecule has 2 aromatic rings. The van der Waals surface area contributed by atoms with E-state index >= 15 is 0 Å². The van der Waals surface area contributed by atoms with Crippen LogP contribution < -0.4 is 9.47 Å². The summed E-state index contributed by atoms with van der Waals surface area (Å²) in [5.41, 5.74) is 1.87. The number of hydrogen-bond donors (Lipinski definition) is 1. The van der Waals surface area contributed by atoms with Crippen LogP contribution in [0.3, 0.4) is 0 Å².